The Balaban J connectivity index is 2.22. The number of pyridine rings is 1. The van der Waals surface area contributed by atoms with Gasteiger partial charge in [-0.05, 0) is 52.1 Å². The Labute approximate surface area is 182 Å². The van der Waals surface area contributed by atoms with Gasteiger partial charge in [0, 0.05) is 23.7 Å². The Morgan fingerprint density at radius 3 is 1.83 bits per heavy atom. The summed E-state index contributed by atoms with van der Waals surface area (Å²) in [4.78, 5) is 4.77. The lowest BCUT2D eigenvalue weighted by Crippen LogP contribution is -2.19. The number of rotatable bonds is 4. The number of aromatic nitrogens is 1. The van der Waals surface area contributed by atoms with Crippen molar-refractivity contribution in [2.75, 3.05) is 0 Å². The van der Waals surface area contributed by atoms with Crippen LogP contribution in [-0.4, -0.2) is 10.1 Å². The molecule has 2 nitrogen and oxygen atoms in total. The summed E-state index contributed by atoms with van der Waals surface area (Å²) in [6.07, 6.45) is 0.823. The molecule has 0 spiro atoms. The monoisotopic (exact) mass is 401 g/mol. The molecular weight excluding hydrogens is 366 g/mol. The minimum absolute atomic E-state index is 0.150. The van der Waals surface area contributed by atoms with Gasteiger partial charge in [0.15, 0.2) is 0 Å². The molecule has 2 aromatic carbocycles. The van der Waals surface area contributed by atoms with Crippen LogP contribution in [0.4, 0.5) is 0 Å². The summed E-state index contributed by atoms with van der Waals surface area (Å²) in [6.45, 7) is 15.0. The molecular formula is C28H35NO. The third-order valence-corrected chi connectivity index (χ3v) is 5.71. The van der Waals surface area contributed by atoms with Crippen molar-refractivity contribution in [2.24, 2.45) is 0 Å². The molecule has 0 aliphatic carbocycles. The molecule has 3 rings (SSSR count). The zero-order valence-electron chi connectivity index (χ0n) is 19.5. The highest BCUT2D eigenvalue weighted by atomic mass is 16.3. The average Bonchev–Trinajstić information content (AvgIpc) is 2.65. The lowest BCUT2D eigenvalue weighted by Gasteiger charge is -2.30. The maximum atomic E-state index is 11.2. The summed E-state index contributed by atoms with van der Waals surface area (Å²) < 4.78 is 0. The van der Waals surface area contributed by atoms with E-state index < -0.39 is 0 Å². The molecule has 3 aromatic rings. The van der Waals surface area contributed by atoms with Crippen molar-refractivity contribution in [1.29, 1.82) is 0 Å². The standard InChI is InChI=1S/C28H35NO/c1-19-12-11-15-22(29-19)18-23(20-13-9-8-10-14-20)21-16-24(27(2,3)4)26(30)25(17-21)28(5,6)7/h8-17,23,30H,18H2,1-7H3. The Kier molecular flexibility index (Phi) is 6.08. The Morgan fingerprint density at radius 1 is 0.767 bits per heavy atom. The maximum absolute atomic E-state index is 11.2. The van der Waals surface area contributed by atoms with E-state index in [9.17, 15) is 5.11 Å². The van der Waals surface area contributed by atoms with Crippen LogP contribution in [0, 0.1) is 6.92 Å². The van der Waals surface area contributed by atoms with Gasteiger partial charge in [-0.2, -0.15) is 0 Å². The molecule has 1 atom stereocenters. The Bertz CT molecular complexity index is 972. The predicted molar refractivity (Wildman–Crippen MR) is 126 cm³/mol. The van der Waals surface area contributed by atoms with Gasteiger partial charge in [-0.25, -0.2) is 0 Å². The molecule has 2 heteroatoms. The van der Waals surface area contributed by atoms with Crippen LogP contribution in [0.3, 0.4) is 0 Å². The van der Waals surface area contributed by atoms with Gasteiger partial charge in [-0.1, -0.05) is 90.1 Å². The first kappa shape index (κ1) is 22.1. The van der Waals surface area contributed by atoms with Gasteiger partial charge < -0.3 is 5.11 Å². The number of benzene rings is 2. The predicted octanol–water partition coefficient (Wildman–Crippen LogP) is 7.07. The molecule has 30 heavy (non-hydrogen) atoms. The van der Waals surface area contributed by atoms with E-state index in [2.05, 4.69) is 96.1 Å². The summed E-state index contributed by atoms with van der Waals surface area (Å²) in [5, 5.41) is 11.2. The fraction of sp³-hybridized carbons (Fsp3) is 0.393. The molecule has 0 amide bonds. The van der Waals surface area contributed by atoms with Crippen molar-refractivity contribution in [3.8, 4) is 5.75 Å². The fourth-order valence-electron chi connectivity index (χ4n) is 4.04. The van der Waals surface area contributed by atoms with Crippen LogP contribution in [0.1, 0.15) is 81.1 Å². The molecule has 0 aliphatic heterocycles. The molecule has 0 bridgehead atoms. The van der Waals surface area contributed by atoms with E-state index in [0.29, 0.717) is 5.75 Å². The van der Waals surface area contributed by atoms with Crippen LogP contribution < -0.4 is 0 Å². The van der Waals surface area contributed by atoms with Gasteiger partial charge in [-0.15, -0.1) is 0 Å². The average molecular weight is 402 g/mol. The molecule has 1 N–H and O–H groups in total. The SMILES string of the molecule is Cc1cccc(CC(c2ccccc2)c2cc(C(C)(C)C)c(O)c(C(C)(C)C)c2)n1. The van der Waals surface area contributed by atoms with E-state index in [0.717, 1.165) is 28.9 Å². The van der Waals surface area contributed by atoms with E-state index in [1.54, 1.807) is 0 Å². The molecule has 0 radical (unpaired) electrons. The van der Waals surface area contributed by atoms with Crippen molar-refractivity contribution in [3.63, 3.8) is 0 Å². The second kappa shape index (κ2) is 8.26. The third-order valence-electron chi connectivity index (χ3n) is 5.71. The van der Waals surface area contributed by atoms with Crippen molar-refractivity contribution in [2.45, 2.75) is 71.6 Å². The van der Waals surface area contributed by atoms with Crippen LogP contribution in [0.5, 0.6) is 5.75 Å². The molecule has 0 fully saturated rings. The van der Waals surface area contributed by atoms with E-state index >= 15 is 0 Å². The highest BCUT2D eigenvalue weighted by Gasteiger charge is 2.28. The molecule has 0 saturated carbocycles. The van der Waals surface area contributed by atoms with E-state index in [4.69, 9.17) is 4.98 Å². The minimum Gasteiger partial charge on any atom is -0.507 e. The lowest BCUT2D eigenvalue weighted by molar-refractivity contribution is 0.422. The number of phenolic OH excluding ortho intramolecular Hbond substituents is 1. The summed E-state index contributed by atoms with van der Waals surface area (Å²) in [5.41, 5.74) is 6.34. The fourth-order valence-corrected chi connectivity index (χ4v) is 4.04. The normalized spacial score (nSPS) is 13.3. The number of hydrogen-bond donors (Lipinski definition) is 1. The molecule has 0 saturated heterocycles. The maximum Gasteiger partial charge on any atom is 0.123 e. The number of aromatic hydroxyl groups is 1. The van der Waals surface area contributed by atoms with Crippen LogP contribution in [0.2, 0.25) is 0 Å². The molecule has 1 aromatic heterocycles. The van der Waals surface area contributed by atoms with Gasteiger partial charge in [0.2, 0.25) is 0 Å². The quantitative estimate of drug-likeness (QED) is 0.507. The van der Waals surface area contributed by atoms with E-state index in [1.165, 1.54) is 11.1 Å². The highest BCUT2D eigenvalue weighted by Crippen LogP contribution is 2.42. The second-order valence-electron chi connectivity index (χ2n) is 10.4. The minimum atomic E-state index is -0.150. The molecule has 0 aliphatic rings. The van der Waals surface area contributed by atoms with Crippen molar-refractivity contribution < 1.29 is 5.11 Å². The molecule has 1 heterocycles. The van der Waals surface area contributed by atoms with Gasteiger partial charge >= 0.3 is 0 Å². The Hall–Kier alpha value is -2.61. The van der Waals surface area contributed by atoms with Crippen molar-refractivity contribution in [1.82, 2.24) is 4.98 Å². The van der Waals surface area contributed by atoms with Gasteiger partial charge in [0.05, 0.1) is 0 Å². The summed E-state index contributed by atoms with van der Waals surface area (Å²) in [5.74, 6) is 0.600. The lowest BCUT2D eigenvalue weighted by atomic mass is 9.75. The largest absolute Gasteiger partial charge is 0.507 e. The van der Waals surface area contributed by atoms with E-state index in [-0.39, 0.29) is 16.7 Å². The number of hydrogen-bond acceptors (Lipinski definition) is 2. The first-order valence-electron chi connectivity index (χ1n) is 10.8. The number of phenols is 1. The first-order valence-corrected chi connectivity index (χ1v) is 10.8. The van der Waals surface area contributed by atoms with Crippen LogP contribution >= 0.6 is 0 Å². The molecule has 1 unspecified atom stereocenters. The van der Waals surface area contributed by atoms with Gasteiger partial charge in [-0.3, -0.25) is 4.98 Å². The Morgan fingerprint density at radius 2 is 1.33 bits per heavy atom. The highest BCUT2D eigenvalue weighted by molar-refractivity contribution is 5.52. The van der Waals surface area contributed by atoms with Crippen molar-refractivity contribution >= 4 is 0 Å². The van der Waals surface area contributed by atoms with Gasteiger partial charge in [0.25, 0.3) is 0 Å². The van der Waals surface area contributed by atoms with Crippen LogP contribution in [0.15, 0.2) is 60.7 Å². The van der Waals surface area contributed by atoms with Crippen molar-refractivity contribution in [3.05, 3.63) is 94.3 Å². The summed E-state index contributed by atoms with van der Waals surface area (Å²) in [7, 11) is 0. The second-order valence-corrected chi connectivity index (χ2v) is 10.4. The zero-order chi connectivity index (χ0) is 22.1. The van der Waals surface area contributed by atoms with E-state index in [1.807, 2.05) is 13.0 Å². The first-order chi connectivity index (χ1) is 14.0. The van der Waals surface area contributed by atoms with Crippen LogP contribution in [0.25, 0.3) is 0 Å². The topological polar surface area (TPSA) is 33.1 Å². The molecule has 158 valence electrons. The number of aryl methyl sites for hydroxylation is 1. The smallest absolute Gasteiger partial charge is 0.123 e. The van der Waals surface area contributed by atoms with Gasteiger partial charge in [0.1, 0.15) is 5.75 Å². The van der Waals surface area contributed by atoms with Crippen LogP contribution in [-0.2, 0) is 17.3 Å². The zero-order valence-corrected chi connectivity index (χ0v) is 19.5. The summed E-state index contributed by atoms with van der Waals surface area (Å²) in [6, 6.07) is 21.3. The summed E-state index contributed by atoms with van der Waals surface area (Å²) >= 11 is 0. The third kappa shape index (κ3) is 4.92. The number of nitrogens with zero attached hydrogens (tertiary/aromatic N) is 1.